The smallest absolute Gasteiger partial charge is 0.275 e. The van der Waals surface area contributed by atoms with Crippen molar-refractivity contribution in [3.63, 3.8) is 0 Å². The molecule has 0 radical (unpaired) electrons. The second-order valence-corrected chi connectivity index (χ2v) is 5.50. The molecule has 1 aromatic carbocycles. The van der Waals surface area contributed by atoms with Crippen LogP contribution in [0.15, 0.2) is 29.1 Å². The number of aromatic nitrogens is 2. The number of rotatable bonds is 2. The lowest BCUT2D eigenvalue weighted by Gasteiger charge is -2.35. The van der Waals surface area contributed by atoms with Crippen LogP contribution in [0.1, 0.15) is 43.1 Å². The first kappa shape index (κ1) is 13.8. The van der Waals surface area contributed by atoms with Gasteiger partial charge in [-0.3, -0.25) is 9.59 Å². The molecule has 2 aromatic rings. The molecule has 1 atom stereocenters. The zero-order chi connectivity index (χ0) is 14.8. The minimum absolute atomic E-state index is 0.0750. The van der Waals surface area contributed by atoms with Crippen LogP contribution in [0.3, 0.4) is 0 Å². The Morgan fingerprint density at radius 3 is 2.86 bits per heavy atom. The van der Waals surface area contributed by atoms with Crippen LogP contribution in [0.25, 0.3) is 10.8 Å². The van der Waals surface area contributed by atoms with Crippen molar-refractivity contribution >= 4 is 16.7 Å². The maximum absolute atomic E-state index is 12.8. The van der Waals surface area contributed by atoms with E-state index in [2.05, 4.69) is 17.1 Å². The van der Waals surface area contributed by atoms with Crippen molar-refractivity contribution in [2.45, 2.75) is 38.6 Å². The van der Waals surface area contributed by atoms with Crippen LogP contribution >= 0.6 is 0 Å². The summed E-state index contributed by atoms with van der Waals surface area (Å²) in [5, 5.41) is 7.61. The van der Waals surface area contributed by atoms with Crippen LogP contribution in [0, 0.1) is 0 Å². The molecular formula is C16H19N3O2. The van der Waals surface area contributed by atoms with Crippen molar-refractivity contribution in [3.05, 3.63) is 40.3 Å². The average Bonchev–Trinajstić information content (AvgIpc) is 2.55. The van der Waals surface area contributed by atoms with Crippen LogP contribution in [0.2, 0.25) is 0 Å². The predicted octanol–water partition coefficient (Wildman–Crippen LogP) is 2.33. The van der Waals surface area contributed by atoms with Gasteiger partial charge in [0.25, 0.3) is 11.5 Å². The lowest BCUT2D eigenvalue weighted by atomic mass is 9.99. The van der Waals surface area contributed by atoms with E-state index in [1.54, 1.807) is 18.2 Å². The number of carbonyl (C=O) groups is 1. The highest BCUT2D eigenvalue weighted by molar-refractivity contribution is 6.04. The first-order valence-electron chi connectivity index (χ1n) is 7.50. The molecule has 1 fully saturated rings. The number of aromatic amines is 1. The fourth-order valence-corrected chi connectivity index (χ4v) is 3.11. The summed E-state index contributed by atoms with van der Waals surface area (Å²) in [6.45, 7) is 2.88. The molecule has 0 bridgehead atoms. The summed E-state index contributed by atoms with van der Waals surface area (Å²) < 4.78 is 0. The van der Waals surface area contributed by atoms with Crippen molar-refractivity contribution in [3.8, 4) is 0 Å². The Morgan fingerprint density at radius 2 is 2.10 bits per heavy atom. The number of nitrogens with one attached hydrogen (secondary N) is 1. The zero-order valence-corrected chi connectivity index (χ0v) is 12.1. The van der Waals surface area contributed by atoms with E-state index in [0.29, 0.717) is 16.5 Å². The van der Waals surface area contributed by atoms with Gasteiger partial charge in [-0.05, 0) is 31.7 Å². The molecule has 0 aliphatic carbocycles. The molecule has 1 aromatic heterocycles. The molecule has 1 N–H and O–H groups in total. The van der Waals surface area contributed by atoms with E-state index in [-0.39, 0.29) is 17.5 Å². The Morgan fingerprint density at radius 1 is 1.33 bits per heavy atom. The van der Waals surface area contributed by atoms with E-state index in [1.165, 1.54) is 6.42 Å². The van der Waals surface area contributed by atoms with Crippen LogP contribution in [0.4, 0.5) is 0 Å². The topological polar surface area (TPSA) is 66.1 Å². The molecule has 1 aliphatic rings. The summed E-state index contributed by atoms with van der Waals surface area (Å²) in [6, 6.07) is 7.41. The molecule has 3 rings (SSSR count). The highest BCUT2D eigenvalue weighted by Crippen LogP contribution is 2.23. The highest BCUT2D eigenvalue weighted by atomic mass is 16.2. The molecule has 0 spiro atoms. The summed E-state index contributed by atoms with van der Waals surface area (Å²) in [5.74, 6) is -0.0750. The Balaban J connectivity index is 2.05. The molecule has 1 aliphatic heterocycles. The van der Waals surface area contributed by atoms with Gasteiger partial charge >= 0.3 is 0 Å². The van der Waals surface area contributed by atoms with Crippen molar-refractivity contribution in [2.24, 2.45) is 0 Å². The van der Waals surface area contributed by atoms with Gasteiger partial charge in [-0.2, -0.15) is 5.10 Å². The van der Waals surface area contributed by atoms with E-state index >= 15 is 0 Å². The fraction of sp³-hybridized carbons (Fsp3) is 0.438. The Labute approximate surface area is 123 Å². The van der Waals surface area contributed by atoms with Gasteiger partial charge in [0.2, 0.25) is 0 Å². The van der Waals surface area contributed by atoms with Crippen molar-refractivity contribution in [2.75, 3.05) is 6.54 Å². The molecule has 110 valence electrons. The number of benzene rings is 1. The molecule has 1 saturated heterocycles. The number of hydrogen-bond donors (Lipinski definition) is 1. The monoisotopic (exact) mass is 285 g/mol. The predicted molar refractivity (Wildman–Crippen MR) is 81.3 cm³/mol. The molecule has 5 heteroatoms. The standard InChI is InChI=1S/C16H19N3O2/c1-2-11-7-5-6-10-19(11)16(21)14-12-8-3-4-9-13(12)15(20)18-17-14/h3-4,8-9,11H,2,5-7,10H2,1H3,(H,18,20)/t11-/m1/s1. The Hall–Kier alpha value is -2.17. The van der Waals surface area contributed by atoms with E-state index in [0.717, 1.165) is 25.8 Å². The van der Waals surface area contributed by atoms with E-state index in [4.69, 9.17) is 0 Å². The van der Waals surface area contributed by atoms with E-state index in [9.17, 15) is 9.59 Å². The Kier molecular flexibility index (Phi) is 3.73. The number of H-pyrrole nitrogens is 1. The van der Waals surface area contributed by atoms with Gasteiger partial charge < -0.3 is 4.90 Å². The number of hydrogen-bond acceptors (Lipinski definition) is 3. The largest absolute Gasteiger partial charge is 0.334 e. The zero-order valence-electron chi connectivity index (χ0n) is 12.1. The normalized spacial score (nSPS) is 18.9. The van der Waals surface area contributed by atoms with Gasteiger partial charge in [-0.15, -0.1) is 0 Å². The minimum atomic E-state index is -0.257. The van der Waals surface area contributed by atoms with E-state index in [1.807, 2.05) is 11.0 Å². The summed E-state index contributed by atoms with van der Waals surface area (Å²) in [4.78, 5) is 26.6. The molecule has 0 unspecified atom stereocenters. The molecule has 1 amide bonds. The van der Waals surface area contributed by atoms with Crippen LogP contribution < -0.4 is 5.56 Å². The average molecular weight is 285 g/mol. The maximum atomic E-state index is 12.8. The number of likely N-dealkylation sites (tertiary alicyclic amines) is 1. The third-order valence-electron chi connectivity index (χ3n) is 4.26. The van der Waals surface area contributed by atoms with E-state index < -0.39 is 0 Å². The summed E-state index contributed by atoms with van der Waals surface area (Å²) in [6.07, 6.45) is 4.20. The van der Waals surface area contributed by atoms with Gasteiger partial charge in [-0.1, -0.05) is 25.1 Å². The fourth-order valence-electron chi connectivity index (χ4n) is 3.11. The van der Waals surface area contributed by atoms with Crippen molar-refractivity contribution < 1.29 is 4.79 Å². The van der Waals surface area contributed by atoms with Gasteiger partial charge in [0.1, 0.15) is 0 Å². The number of carbonyl (C=O) groups excluding carboxylic acids is 1. The first-order chi connectivity index (χ1) is 10.2. The van der Waals surface area contributed by atoms with Crippen molar-refractivity contribution in [1.29, 1.82) is 0 Å². The lowest BCUT2D eigenvalue weighted by molar-refractivity contribution is 0.0603. The second kappa shape index (κ2) is 5.68. The number of fused-ring (bicyclic) bond motifs is 1. The third-order valence-corrected chi connectivity index (χ3v) is 4.26. The van der Waals surface area contributed by atoms with Crippen LogP contribution in [0.5, 0.6) is 0 Å². The van der Waals surface area contributed by atoms with Gasteiger partial charge in [0.05, 0.1) is 5.39 Å². The summed E-state index contributed by atoms with van der Waals surface area (Å²) >= 11 is 0. The quantitative estimate of drug-likeness (QED) is 0.921. The third kappa shape index (κ3) is 2.44. The second-order valence-electron chi connectivity index (χ2n) is 5.50. The molecular weight excluding hydrogens is 266 g/mol. The van der Waals surface area contributed by atoms with Gasteiger partial charge in [0.15, 0.2) is 5.69 Å². The summed E-state index contributed by atoms with van der Waals surface area (Å²) in [5.41, 5.74) is 0.0957. The number of nitrogens with zero attached hydrogens (tertiary/aromatic N) is 2. The SMILES string of the molecule is CC[C@@H]1CCCCN1C(=O)c1n[nH]c(=O)c2ccccc12. The molecule has 21 heavy (non-hydrogen) atoms. The molecule has 0 saturated carbocycles. The number of piperidine rings is 1. The summed E-state index contributed by atoms with van der Waals surface area (Å²) in [7, 11) is 0. The molecule has 2 heterocycles. The van der Waals surface area contributed by atoms with Crippen LogP contribution in [-0.4, -0.2) is 33.6 Å². The van der Waals surface area contributed by atoms with Gasteiger partial charge in [0, 0.05) is 18.0 Å². The van der Waals surface area contributed by atoms with Crippen molar-refractivity contribution in [1.82, 2.24) is 15.1 Å². The number of amides is 1. The lowest BCUT2D eigenvalue weighted by Crippen LogP contribution is -2.44. The Bertz CT molecular complexity index is 723. The first-order valence-corrected chi connectivity index (χ1v) is 7.50. The molecule has 5 nitrogen and oxygen atoms in total. The highest BCUT2D eigenvalue weighted by Gasteiger charge is 2.28. The van der Waals surface area contributed by atoms with Crippen LogP contribution in [-0.2, 0) is 0 Å². The maximum Gasteiger partial charge on any atom is 0.275 e. The minimum Gasteiger partial charge on any atom is -0.334 e. The van der Waals surface area contributed by atoms with Gasteiger partial charge in [-0.25, -0.2) is 5.10 Å².